The largest absolute Gasteiger partial charge is 0.679 e. The number of nitrogens with zero attached hydrogens (tertiary/aromatic N) is 1. The standard InChI is InChI=1S/C16H18N.Y/c1-11-5-4-6-13-12(11)7-8-15-14(13)9-10-16(2,3)17-15;/h4-8H,9-10H2,1-3H3;/q-1;. The van der Waals surface area contributed by atoms with Crippen LogP contribution < -0.4 is 0 Å². The minimum absolute atomic E-state index is 0. The third kappa shape index (κ3) is 2.35. The van der Waals surface area contributed by atoms with E-state index in [0.29, 0.717) is 0 Å². The predicted molar refractivity (Wildman–Crippen MR) is 74.1 cm³/mol. The van der Waals surface area contributed by atoms with Crippen LogP contribution in [0.4, 0.5) is 5.69 Å². The van der Waals surface area contributed by atoms with Crippen molar-refractivity contribution in [2.75, 3.05) is 0 Å². The molecule has 0 aliphatic carbocycles. The molecule has 1 radical (unpaired) electrons. The van der Waals surface area contributed by atoms with Crippen LogP contribution in [-0.2, 0) is 39.1 Å². The van der Waals surface area contributed by atoms with Crippen LogP contribution >= 0.6 is 0 Å². The molecule has 3 rings (SSSR count). The Morgan fingerprint density at radius 3 is 2.61 bits per heavy atom. The van der Waals surface area contributed by atoms with Crippen molar-refractivity contribution in [2.45, 2.75) is 39.2 Å². The molecule has 0 aromatic heterocycles. The molecule has 2 aromatic rings. The van der Waals surface area contributed by atoms with E-state index in [4.69, 9.17) is 5.32 Å². The first-order valence-electron chi connectivity index (χ1n) is 6.31. The third-order valence-electron chi connectivity index (χ3n) is 3.78. The molecule has 0 saturated heterocycles. The van der Waals surface area contributed by atoms with E-state index in [-0.39, 0.29) is 38.2 Å². The third-order valence-corrected chi connectivity index (χ3v) is 3.78. The molecule has 1 aliphatic heterocycles. The van der Waals surface area contributed by atoms with Gasteiger partial charge < -0.3 is 5.32 Å². The normalized spacial score (nSPS) is 16.6. The summed E-state index contributed by atoms with van der Waals surface area (Å²) >= 11 is 0. The van der Waals surface area contributed by atoms with E-state index in [2.05, 4.69) is 51.1 Å². The Balaban J connectivity index is 0.00000120. The van der Waals surface area contributed by atoms with Gasteiger partial charge >= 0.3 is 0 Å². The average Bonchev–Trinajstić information content (AvgIpc) is 2.27. The molecule has 0 bridgehead atoms. The summed E-state index contributed by atoms with van der Waals surface area (Å²) in [4.78, 5) is 0. The molecule has 0 saturated carbocycles. The van der Waals surface area contributed by atoms with Crippen molar-refractivity contribution in [1.29, 1.82) is 0 Å². The van der Waals surface area contributed by atoms with E-state index < -0.39 is 0 Å². The first-order chi connectivity index (χ1) is 8.07. The quantitative estimate of drug-likeness (QED) is 0.658. The second-order valence-electron chi connectivity index (χ2n) is 5.66. The molecule has 0 fully saturated rings. The van der Waals surface area contributed by atoms with Crippen molar-refractivity contribution in [1.82, 2.24) is 0 Å². The van der Waals surface area contributed by atoms with E-state index in [9.17, 15) is 0 Å². The van der Waals surface area contributed by atoms with Gasteiger partial charge in [0.25, 0.3) is 0 Å². The molecule has 0 amide bonds. The Morgan fingerprint density at radius 2 is 1.83 bits per heavy atom. The van der Waals surface area contributed by atoms with Gasteiger partial charge in [-0.25, -0.2) is 0 Å². The summed E-state index contributed by atoms with van der Waals surface area (Å²) in [7, 11) is 0. The molecule has 18 heavy (non-hydrogen) atoms. The summed E-state index contributed by atoms with van der Waals surface area (Å²) in [6.07, 6.45) is 2.29. The fraction of sp³-hybridized carbons (Fsp3) is 0.375. The van der Waals surface area contributed by atoms with Crippen molar-refractivity contribution in [3.05, 3.63) is 46.8 Å². The summed E-state index contributed by atoms with van der Waals surface area (Å²) in [5.41, 5.74) is 4.09. The fourth-order valence-corrected chi connectivity index (χ4v) is 2.75. The zero-order valence-electron chi connectivity index (χ0n) is 11.3. The van der Waals surface area contributed by atoms with Gasteiger partial charge in [-0.1, -0.05) is 56.2 Å². The van der Waals surface area contributed by atoms with Crippen LogP contribution in [0.15, 0.2) is 30.3 Å². The van der Waals surface area contributed by atoms with Gasteiger partial charge in [0, 0.05) is 32.7 Å². The molecule has 2 heteroatoms. The van der Waals surface area contributed by atoms with Gasteiger partial charge in [-0.15, -0.1) is 11.2 Å². The van der Waals surface area contributed by atoms with E-state index in [1.807, 2.05) is 0 Å². The summed E-state index contributed by atoms with van der Waals surface area (Å²) in [6, 6.07) is 11.0. The second-order valence-corrected chi connectivity index (χ2v) is 5.66. The van der Waals surface area contributed by atoms with E-state index in [0.717, 1.165) is 12.8 Å². The van der Waals surface area contributed by atoms with Crippen LogP contribution in [-0.4, -0.2) is 5.54 Å². The van der Waals surface area contributed by atoms with Crippen LogP contribution in [0.3, 0.4) is 0 Å². The SMILES string of the molecule is Cc1cccc2c3c(ccc12)[N-]C(C)(C)CC3.[Y]. The minimum Gasteiger partial charge on any atom is -0.679 e. The van der Waals surface area contributed by atoms with Crippen LogP contribution in [0, 0.1) is 6.92 Å². The van der Waals surface area contributed by atoms with Crippen LogP contribution in [0.1, 0.15) is 31.4 Å². The molecule has 1 heterocycles. The molecular weight excluding hydrogens is 295 g/mol. The van der Waals surface area contributed by atoms with Crippen molar-refractivity contribution in [2.24, 2.45) is 0 Å². The summed E-state index contributed by atoms with van der Waals surface area (Å²) < 4.78 is 0. The number of rotatable bonds is 0. The maximum absolute atomic E-state index is 4.86. The first-order valence-corrected chi connectivity index (χ1v) is 6.31. The van der Waals surface area contributed by atoms with Gasteiger partial charge in [-0.2, -0.15) is 0 Å². The maximum atomic E-state index is 4.86. The van der Waals surface area contributed by atoms with E-state index in [1.54, 1.807) is 0 Å². The van der Waals surface area contributed by atoms with Crippen LogP contribution in [0.5, 0.6) is 0 Å². The molecule has 0 N–H and O–H groups in total. The van der Waals surface area contributed by atoms with Gasteiger partial charge in [-0.3, -0.25) is 0 Å². The summed E-state index contributed by atoms with van der Waals surface area (Å²) in [5.74, 6) is 0. The van der Waals surface area contributed by atoms with E-state index in [1.165, 1.54) is 27.6 Å². The molecule has 1 nitrogen and oxygen atoms in total. The summed E-state index contributed by atoms with van der Waals surface area (Å²) in [6.45, 7) is 6.62. The van der Waals surface area contributed by atoms with Crippen LogP contribution in [0.25, 0.3) is 16.1 Å². The molecule has 91 valence electrons. The average molecular weight is 313 g/mol. The Bertz CT molecular complexity index is 587. The van der Waals surface area contributed by atoms with Crippen molar-refractivity contribution >= 4 is 16.5 Å². The topological polar surface area (TPSA) is 14.1 Å². The second kappa shape index (κ2) is 4.94. The zero-order chi connectivity index (χ0) is 12.0. The molecule has 0 spiro atoms. The number of fused-ring (bicyclic) bond motifs is 3. The zero-order valence-corrected chi connectivity index (χ0v) is 14.2. The fourth-order valence-electron chi connectivity index (χ4n) is 2.75. The summed E-state index contributed by atoms with van der Waals surface area (Å²) in [5, 5.41) is 7.62. The van der Waals surface area contributed by atoms with Crippen molar-refractivity contribution in [3.8, 4) is 0 Å². The Labute approximate surface area is 134 Å². The van der Waals surface area contributed by atoms with Crippen molar-refractivity contribution in [3.63, 3.8) is 0 Å². The molecule has 1 aliphatic rings. The first kappa shape index (κ1) is 14.0. The molecule has 2 aromatic carbocycles. The number of aryl methyl sites for hydroxylation is 2. The number of hydrogen-bond acceptors (Lipinski definition) is 0. The van der Waals surface area contributed by atoms with Gasteiger partial charge in [0.1, 0.15) is 0 Å². The number of hydrogen-bond donors (Lipinski definition) is 0. The Hall–Kier alpha value is -0.396. The van der Waals surface area contributed by atoms with Crippen LogP contribution in [0.2, 0.25) is 0 Å². The number of benzene rings is 2. The Morgan fingerprint density at radius 1 is 1.06 bits per heavy atom. The van der Waals surface area contributed by atoms with Crippen molar-refractivity contribution < 1.29 is 32.7 Å². The predicted octanol–water partition coefficient (Wildman–Crippen LogP) is 4.88. The van der Waals surface area contributed by atoms with Gasteiger partial charge in [-0.05, 0) is 29.7 Å². The van der Waals surface area contributed by atoms with Gasteiger partial charge in [0.05, 0.1) is 0 Å². The molecule has 0 unspecified atom stereocenters. The minimum atomic E-state index is 0. The monoisotopic (exact) mass is 313 g/mol. The van der Waals surface area contributed by atoms with E-state index >= 15 is 0 Å². The molecule has 0 atom stereocenters. The molecular formula is C16H18NY-. The smallest absolute Gasteiger partial charge is 0 e. The maximum Gasteiger partial charge on any atom is 0 e. The Kier molecular flexibility index (Phi) is 3.85. The van der Waals surface area contributed by atoms with Gasteiger partial charge in [0.2, 0.25) is 0 Å². The van der Waals surface area contributed by atoms with Gasteiger partial charge in [0.15, 0.2) is 0 Å².